The molecule has 1 heterocycles. The van der Waals surface area contributed by atoms with E-state index in [1.807, 2.05) is 19.1 Å². The summed E-state index contributed by atoms with van der Waals surface area (Å²) in [4.78, 5) is 5.03. The Balaban J connectivity index is 1.68. The van der Waals surface area contributed by atoms with Gasteiger partial charge in [-0.05, 0) is 86.1 Å². The van der Waals surface area contributed by atoms with Crippen molar-refractivity contribution in [3.63, 3.8) is 0 Å². The van der Waals surface area contributed by atoms with Crippen LogP contribution < -0.4 is 5.32 Å². The lowest BCUT2D eigenvalue weighted by atomic mass is 9.57. The van der Waals surface area contributed by atoms with Crippen molar-refractivity contribution in [2.45, 2.75) is 83.5 Å². The number of anilines is 1. The Bertz CT molecular complexity index is 1060. The van der Waals surface area contributed by atoms with Gasteiger partial charge in [-0.2, -0.15) is 10.5 Å². The summed E-state index contributed by atoms with van der Waals surface area (Å²) < 4.78 is 0. The molecule has 3 aliphatic carbocycles. The van der Waals surface area contributed by atoms with E-state index in [4.69, 9.17) is 4.98 Å². The Morgan fingerprint density at radius 2 is 1.94 bits per heavy atom. The van der Waals surface area contributed by atoms with Gasteiger partial charge >= 0.3 is 0 Å². The first-order valence-electron chi connectivity index (χ1n) is 12.4. The topological polar surface area (TPSA) is 72.5 Å². The van der Waals surface area contributed by atoms with Gasteiger partial charge in [-0.25, -0.2) is 4.98 Å². The molecule has 1 aromatic rings. The standard InChI is InChI=1S/C29H36N4/c1-5-9-21(18-30)12-20(2)32-27-16-24(29(19-31)10-7-6-8-11-29)15-26(33-27)22-13-23-17-28(3,4)25(23)14-22/h5,9,12,15-16,22-23,25H,2,6-8,10-11,13-14,17H2,1,3-4H3,(H,32,33)/b9-5-,21-12+. The van der Waals surface area contributed by atoms with Crippen LogP contribution in [0.15, 0.2) is 48.2 Å². The Morgan fingerprint density at radius 3 is 2.55 bits per heavy atom. The molecule has 1 aromatic heterocycles. The fraction of sp³-hybridized carbons (Fsp3) is 0.552. The van der Waals surface area contributed by atoms with E-state index in [0.717, 1.165) is 54.6 Å². The zero-order valence-electron chi connectivity index (χ0n) is 20.3. The number of aromatic nitrogens is 1. The molecule has 3 unspecified atom stereocenters. The summed E-state index contributed by atoms with van der Waals surface area (Å²) in [6.45, 7) is 10.8. The number of hydrogen-bond acceptors (Lipinski definition) is 4. The first-order valence-corrected chi connectivity index (χ1v) is 12.4. The molecule has 4 nitrogen and oxygen atoms in total. The number of allylic oxidation sites excluding steroid dienone is 4. The van der Waals surface area contributed by atoms with Gasteiger partial charge in [0.2, 0.25) is 0 Å². The highest BCUT2D eigenvalue weighted by Gasteiger charge is 2.52. The first kappa shape index (κ1) is 23.3. The van der Waals surface area contributed by atoms with Crippen molar-refractivity contribution in [1.82, 2.24) is 4.98 Å². The summed E-state index contributed by atoms with van der Waals surface area (Å²) in [6, 6.07) is 9.16. The van der Waals surface area contributed by atoms with Crippen LogP contribution in [0.3, 0.4) is 0 Å². The fourth-order valence-electron chi connectivity index (χ4n) is 6.62. The molecule has 3 saturated carbocycles. The predicted octanol–water partition coefficient (Wildman–Crippen LogP) is 7.30. The van der Waals surface area contributed by atoms with Crippen LogP contribution in [-0.2, 0) is 5.41 Å². The average Bonchev–Trinajstić information content (AvgIpc) is 3.18. The predicted molar refractivity (Wildman–Crippen MR) is 133 cm³/mol. The third-order valence-electron chi connectivity index (χ3n) is 8.32. The summed E-state index contributed by atoms with van der Waals surface area (Å²) in [5.41, 5.74) is 3.40. The second-order valence-electron chi connectivity index (χ2n) is 11.0. The molecule has 4 heteroatoms. The van der Waals surface area contributed by atoms with E-state index < -0.39 is 5.41 Å². The van der Waals surface area contributed by atoms with Gasteiger partial charge in [0.1, 0.15) is 5.82 Å². The minimum atomic E-state index is -0.427. The summed E-state index contributed by atoms with van der Waals surface area (Å²) in [7, 11) is 0. The molecule has 0 bridgehead atoms. The van der Waals surface area contributed by atoms with Crippen LogP contribution in [0.1, 0.15) is 89.3 Å². The van der Waals surface area contributed by atoms with Gasteiger partial charge in [0.05, 0.1) is 23.1 Å². The molecule has 0 aliphatic heterocycles. The van der Waals surface area contributed by atoms with E-state index in [9.17, 15) is 10.5 Å². The maximum Gasteiger partial charge on any atom is 0.130 e. The van der Waals surface area contributed by atoms with Crippen LogP contribution in [0.2, 0.25) is 0 Å². The van der Waals surface area contributed by atoms with Crippen LogP contribution in [0, 0.1) is 39.9 Å². The largest absolute Gasteiger partial charge is 0.341 e. The highest BCUT2D eigenvalue weighted by molar-refractivity contribution is 5.52. The molecule has 0 radical (unpaired) electrons. The average molecular weight is 441 g/mol. The maximum atomic E-state index is 10.2. The number of nitrogens with one attached hydrogen (secondary N) is 1. The summed E-state index contributed by atoms with van der Waals surface area (Å²) in [5, 5.41) is 22.9. The van der Waals surface area contributed by atoms with Crippen molar-refractivity contribution in [3.05, 3.63) is 59.5 Å². The SMILES string of the molecule is C=C(/C=C(C#N)\C=C/C)Nc1cc(C2(C#N)CCCCC2)cc(C2CC3CC(C)(C)C3C2)n1. The Kier molecular flexibility index (Phi) is 6.49. The lowest BCUT2D eigenvalue weighted by Crippen LogP contribution is -2.40. The lowest BCUT2D eigenvalue weighted by molar-refractivity contribution is 0.0148. The van der Waals surface area contributed by atoms with E-state index in [1.165, 1.54) is 25.7 Å². The third kappa shape index (κ3) is 4.63. The van der Waals surface area contributed by atoms with Crippen LogP contribution >= 0.6 is 0 Å². The van der Waals surface area contributed by atoms with Gasteiger partial charge in [-0.3, -0.25) is 0 Å². The number of hydrogen-bond donors (Lipinski definition) is 1. The monoisotopic (exact) mass is 440 g/mol. The summed E-state index contributed by atoms with van der Waals surface area (Å²) in [5.74, 6) is 2.77. The van der Waals surface area contributed by atoms with Gasteiger partial charge in [0.25, 0.3) is 0 Å². The van der Waals surface area contributed by atoms with Crippen LogP contribution in [0.4, 0.5) is 5.82 Å². The minimum Gasteiger partial charge on any atom is -0.341 e. The van der Waals surface area contributed by atoms with Crippen molar-refractivity contribution in [3.8, 4) is 12.1 Å². The highest BCUT2D eigenvalue weighted by atomic mass is 15.0. The lowest BCUT2D eigenvalue weighted by Gasteiger charge is -2.48. The first-order chi connectivity index (χ1) is 15.8. The smallest absolute Gasteiger partial charge is 0.130 e. The fourth-order valence-corrected chi connectivity index (χ4v) is 6.62. The van der Waals surface area contributed by atoms with E-state index in [1.54, 1.807) is 12.2 Å². The van der Waals surface area contributed by atoms with E-state index in [0.29, 0.717) is 22.6 Å². The molecule has 3 aliphatic rings. The number of fused-ring (bicyclic) bond motifs is 1. The van der Waals surface area contributed by atoms with Gasteiger partial charge < -0.3 is 5.32 Å². The molecule has 4 rings (SSSR count). The van der Waals surface area contributed by atoms with Crippen LogP contribution in [-0.4, -0.2) is 4.98 Å². The Morgan fingerprint density at radius 1 is 1.18 bits per heavy atom. The van der Waals surface area contributed by atoms with E-state index in [-0.39, 0.29) is 0 Å². The van der Waals surface area contributed by atoms with Gasteiger partial charge in [0, 0.05) is 17.3 Å². The number of nitrogens with zero attached hydrogens (tertiary/aromatic N) is 3. The molecule has 172 valence electrons. The number of pyridine rings is 1. The molecule has 3 fully saturated rings. The zero-order chi connectivity index (χ0) is 23.6. The van der Waals surface area contributed by atoms with Gasteiger partial charge in [-0.1, -0.05) is 45.8 Å². The number of rotatable bonds is 6. The van der Waals surface area contributed by atoms with Crippen molar-refractivity contribution in [1.29, 1.82) is 10.5 Å². The molecule has 0 aromatic carbocycles. The normalized spacial score (nSPS) is 27.8. The summed E-state index contributed by atoms with van der Waals surface area (Å²) in [6.07, 6.45) is 14.3. The van der Waals surface area contributed by atoms with Gasteiger partial charge in [-0.15, -0.1) is 0 Å². The quantitative estimate of drug-likeness (QED) is 0.372. The molecule has 0 amide bonds. The maximum absolute atomic E-state index is 10.2. The summed E-state index contributed by atoms with van der Waals surface area (Å²) >= 11 is 0. The molecule has 0 saturated heterocycles. The molecule has 3 atom stereocenters. The number of nitriles is 2. The highest BCUT2D eigenvalue weighted by Crippen LogP contribution is 2.62. The van der Waals surface area contributed by atoms with Crippen LogP contribution in [0.25, 0.3) is 0 Å². The van der Waals surface area contributed by atoms with Crippen molar-refractivity contribution in [2.24, 2.45) is 17.3 Å². The third-order valence-corrected chi connectivity index (χ3v) is 8.32. The van der Waals surface area contributed by atoms with Crippen LogP contribution in [0.5, 0.6) is 0 Å². The second-order valence-corrected chi connectivity index (χ2v) is 11.0. The molecule has 1 N–H and O–H groups in total. The molecule has 33 heavy (non-hydrogen) atoms. The van der Waals surface area contributed by atoms with Crippen molar-refractivity contribution < 1.29 is 0 Å². The van der Waals surface area contributed by atoms with Crippen molar-refractivity contribution >= 4 is 5.82 Å². The van der Waals surface area contributed by atoms with E-state index >= 15 is 0 Å². The molecular formula is C29H36N4. The second kappa shape index (κ2) is 9.18. The molecular weight excluding hydrogens is 404 g/mol. The molecule has 0 spiro atoms. The minimum absolute atomic E-state index is 0.427. The van der Waals surface area contributed by atoms with Crippen molar-refractivity contribution in [2.75, 3.05) is 5.32 Å². The van der Waals surface area contributed by atoms with Gasteiger partial charge in [0.15, 0.2) is 0 Å². The Hall–Kier alpha value is -2.85. The van der Waals surface area contributed by atoms with E-state index in [2.05, 4.69) is 43.9 Å². The Labute approximate surface area is 199 Å². The zero-order valence-corrected chi connectivity index (χ0v) is 20.3.